The molecule has 17 heavy (non-hydrogen) atoms. The Morgan fingerprint density at radius 1 is 1.24 bits per heavy atom. The number of ether oxygens (including phenoxy) is 1. The first-order chi connectivity index (χ1) is 8.27. The zero-order valence-corrected chi connectivity index (χ0v) is 10.6. The summed E-state index contributed by atoms with van der Waals surface area (Å²) in [5.41, 5.74) is 7.22. The van der Waals surface area contributed by atoms with Crippen LogP contribution in [0.3, 0.4) is 0 Å². The number of nitrogens with two attached hydrogens (primary N) is 1. The van der Waals surface area contributed by atoms with E-state index in [2.05, 4.69) is 12.1 Å². The van der Waals surface area contributed by atoms with Crippen LogP contribution in [0.1, 0.15) is 44.3 Å². The second-order valence-corrected chi connectivity index (χ2v) is 5.17. The Hall–Kier alpha value is -0.860. The smallest absolute Gasteiger partial charge is 0.0973 e. The quantitative estimate of drug-likeness (QED) is 0.847. The first kappa shape index (κ1) is 12.6. The summed E-state index contributed by atoms with van der Waals surface area (Å²) in [6.45, 7) is 2.88. The van der Waals surface area contributed by atoms with Crippen LogP contribution in [0.5, 0.6) is 0 Å². The molecule has 0 radical (unpaired) electrons. The maximum atomic E-state index is 6.05. The fraction of sp³-hybridized carbons (Fsp3) is 0.600. The minimum atomic E-state index is 0.0387. The van der Waals surface area contributed by atoms with Gasteiger partial charge in [-0.1, -0.05) is 43.2 Å². The zero-order chi connectivity index (χ0) is 12.1. The van der Waals surface area contributed by atoms with Crippen LogP contribution in [0.2, 0.25) is 0 Å². The van der Waals surface area contributed by atoms with Gasteiger partial charge in [-0.15, -0.1) is 0 Å². The molecule has 2 atom stereocenters. The summed E-state index contributed by atoms with van der Waals surface area (Å²) in [4.78, 5) is 0. The third-order valence-electron chi connectivity index (χ3n) is 3.59. The summed E-state index contributed by atoms with van der Waals surface area (Å²) in [7, 11) is 0. The largest absolute Gasteiger partial charge is 0.372 e. The van der Waals surface area contributed by atoms with Crippen molar-refractivity contribution in [3.63, 3.8) is 0 Å². The summed E-state index contributed by atoms with van der Waals surface area (Å²) in [5, 5.41) is 0. The fourth-order valence-electron chi connectivity index (χ4n) is 2.61. The van der Waals surface area contributed by atoms with E-state index in [-0.39, 0.29) is 12.1 Å². The SMILES string of the molecule is CC(N)C(OCC1CCCC1)c1ccccc1. The molecule has 1 aromatic carbocycles. The molecule has 2 N–H and O–H groups in total. The average Bonchev–Trinajstić information content (AvgIpc) is 2.83. The van der Waals surface area contributed by atoms with Gasteiger partial charge >= 0.3 is 0 Å². The van der Waals surface area contributed by atoms with Gasteiger partial charge in [0, 0.05) is 6.04 Å². The van der Waals surface area contributed by atoms with Gasteiger partial charge in [0.15, 0.2) is 0 Å². The number of hydrogen-bond donors (Lipinski definition) is 1. The second-order valence-electron chi connectivity index (χ2n) is 5.17. The first-order valence-electron chi connectivity index (χ1n) is 6.69. The molecular formula is C15H23NO. The maximum absolute atomic E-state index is 6.05. The van der Waals surface area contributed by atoms with E-state index in [0.717, 1.165) is 12.5 Å². The van der Waals surface area contributed by atoms with E-state index in [9.17, 15) is 0 Å². The number of hydrogen-bond acceptors (Lipinski definition) is 2. The van der Waals surface area contributed by atoms with Crippen LogP contribution in [0.25, 0.3) is 0 Å². The van der Waals surface area contributed by atoms with Gasteiger partial charge in [-0.25, -0.2) is 0 Å². The molecule has 2 nitrogen and oxygen atoms in total. The molecule has 0 aromatic heterocycles. The summed E-state index contributed by atoms with van der Waals surface area (Å²) >= 11 is 0. The molecule has 0 heterocycles. The van der Waals surface area contributed by atoms with Crippen LogP contribution in [0.15, 0.2) is 30.3 Å². The summed E-state index contributed by atoms with van der Waals surface area (Å²) in [5.74, 6) is 0.750. The van der Waals surface area contributed by atoms with Gasteiger partial charge in [-0.2, -0.15) is 0 Å². The molecule has 2 rings (SSSR count). The topological polar surface area (TPSA) is 35.2 Å². The van der Waals surface area contributed by atoms with E-state index in [1.807, 2.05) is 25.1 Å². The minimum Gasteiger partial charge on any atom is -0.372 e. The lowest BCUT2D eigenvalue weighted by molar-refractivity contribution is 0.0168. The van der Waals surface area contributed by atoms with E-state index in [0.29, 0.717) is 0 Å². The molecule has 0 spiro atoms. The van der Waals surface area contributed by atoms with Crippen molar-refractivity contribution >= 4 is 0 Å². The van der Waals surface area contributed by atoms with Crippen molar-refractivity contribution in [2.45, 2.75) is 44.8 Å². The number of benzene rings is 1. The van der Waals surface area contributed by atoms with E-state index < -0.39 is 0 Å². The van der Waals surface area contributed by atoms with Crippen LogP contribution < -0.4 is 5.73 Å². The Balaban J connectivity index is 1.93. The Labute approximate surface area is 104 Å². The lowest BCUT2D eigenvalue weighted by Gasteiger charge is -2.23. The van der Waals surface area contributed by atoms with Crippen LogP contribution >= 0.6 is 0 Å². The highest BCUT2D eigenvalue weighted by Gasteiger charge is 2.20. The van der Waals surface area contributed by atoms with Crippen LogP contribution in [-0.2, 0) is 4.74 Å². The van der Waals surface area contributed by atoms with E-state index >= 15 is 0 Å². The molecule has 1 saturated carbocycles. The van der Waals surface area contributed by atoms with Crippen LogP contribution in [0, 0.1) is 5.92 Å². The van der Waals surface area contributed by atoms with Crippen molar-refractivity contribution < 1.29 is 4.74 Å². The third kappa shape index (κ3) is 3.55. The van der Waals surface area contributed by atoms with Crippen molar-refractivity contribution in [1.82, 2.24) is 0 Å². The standard InChI is InChI=1S/C15H23NO/c1-12(16)15(14-9-3-2-4-10-14)17-11-13-7-5-6-8-13/h2-4,9-10,12-13,15H,5-8,11,16H2,1H3. The summed E-state index contributed by atoms with van der Waals surface area (Å²) in [6.07, 6.45) is 5.41. The summed E-state index contributed by atoms with van der Waals surface area (Å²) < 4.78 is 6.05. The van der Waals surface area contributed by atoms with Gasteiger partial charge in [-0.05, 0) is 31.2 Å². The molecule has 2 heteroatoms. The molecule has 0 aliphatic heterocycles. The first-order valence-corrected chi connectivity index (χ1v) is 6.69. The zero-order valence-electron chi connectivity index (χ0n) is 10.6. The summed E-state index contributed by atoms with van der Waals surface area (Å²) in [6, 6.07) is 10.4. The van der Waals surface area contributed by atoms with Crippen molar-refractivity contribution in [3.05, 3.63) is 35.9 Å². The molecule has 0 bridgehead atoms. The van der Waals surface area contributed by atoms with Crippen molar-refractivity contribution in [2.24, 2.45) is 11.7 Å². The molecule has 2 unspecified atom stereocenters. The van der Waals surface area contributed by atoms with Crippen LogP contribution in [-0.4, -0.2) is 12.6 Å². The molecule has 94 valence electrons. The molecule has 0 saturated heterocycles. The molecule has 1 aromatic rings. The highest BCUT2D eigenvalue weighted by Crippen LogP contribution is 2.28. The third-order valence-corrected chi connectivity index (χ3v) is 3.59. The highest BCUT2D eigenvalue weighted by molar-refractivity contribution is 5.18. The Bertz CT molecular complexity index is 317. The van der Waals surface area contributed by atoms with E-state index in [1.165, 1.54) is 31.2 Å². The lowest BCUT2D eigenvalue weighted by atomic mass is 10.0. The predicted molar refractivity (Wildman–Crippen MR) is 70.7 cm³/mol. The van der Waals surface area contributed by atoms with Crippen molar-refractivity contribution in [2.75, 3.05) is 6.61 Å². The normalized spacial score (nSPS) is 20.4. The highest BCUT2D eigenvalue weighted by atomic mass is 16.5. The Kier molecular flexibility index (Phi) is 4.57. The molecule has 0 amide bonds. The van der Waals surface area contributed by atoms with E-state index in [4.69, 9.17) is 10.5 Å². The maximum Gasteiger partial charge on any atom is 0.0973 e. The monoisotopic (exact) mass is 233 g/mol. The Morgan fingerprint density at radius 2 is 1.88 bits per heavy atom. The number of rotatable bonds is 5. The van der Waals surface area contributed by atoms with Gasteiger partial charge in [0.05, 0.1) is 12.7 Å². The fourth-order valence-corrected chi connectivity index (χ4v) is 2.61. The Morgan fingerprint density at radius 3 is 2.47 bits per heavy atom. The molecule has 1 aliphatic carbocycles. The van der Waals surface area contributed by atoms with Gasteiger partial charge in [-0.3, -0.25) is 0 Å². The van der Waals surface area contributed by atoms with E-state index in [1.54, 1.807) is 0 Å². The van der Waals surface area contributed by atoms with Gasteiger partial charge in [0.25, 0.3) is 0 Å². The average molecular weight is 233 g/mol. The lowest BCUT2D eigenvalue weighted by Crippen LogP contribution is -2.28. The van der Waals surface area contributed by atoms with Gasteiger partial charge in [0.2, 0.25) is 0 Å². The predicted octanol–water partition coefficient (Wildman–Crippen LogP) is 3.28. The molecule has 1 aliphatic rings. The van der Waals surface area contributed by atoms with Crippen LogP contribution in [0.4, 0.5) is 0 Å². The van der Waals surface area contributed by atoms with Crippen molar-refractivity contribution in [3.8, 4) is 0 Å². The van der Waals surface area contributed by atoms with Gasteiger partial charge in [0.1, 0.15) is 0 Å². The second kappa shape index (κ2) is 6.18. The molecular weight excluding hydrogens is 210 g/mol. The van der Waals surface area contributed by atoms with Crippen molar-refractivity contribution in [1.29, 1.82) is 0 Å². The van der Waals surface area contributed by atoms with Gasteiger partial charge < -0.3 is 10.5 Å². The molecule has 1 fully saturated rings. The minimum absolute atomic E-state index is 0.0387.